The SMILES string of the molecule is C[SiH](C)N[SiH](C)C.C[SiH](C)N[SiH](C)C. The van der Waals surface area contributed by atoms with E-state index in [4.69, 9.17) is 0 Å². The van der Waals surface area contributed by atoms with Gasteiger partial charge in [0, 0.05) is 0 Å². The summed E-state index contributed by atoms with van der Waals surface area (Å²) in [6.07, 6.45) is 0. The van der Waals surface area contributed by atoms with Gasteiger partial charge in [-0.1, -0.05) is 52.4 Å². The predicted octanol–water partition coefficient (Wildman–Crippen LogP) is 1.09. The Morgan fingerprint density at radius 3 is 0.571 bits per heavy atom. The lowest BCUT2D eigenvalue weighted by atomic mass is 11.9. The monoisotopic (exact) mass is 266 g/mol. The summed E-state index contributed by atoms with van der Waals surface area (Å²) in [5.74, 6) is 0. The van der Waals surface area contributed by atoms with Gasteiger partial charge in [0.25, 0.3) is 0 Å². The molecule has 0 fully saturated rings. The van der Waals surface area contributed by atoms with E-state index in [9.17, 15) is 0 Å². The second kappa shape index (κ2) is 10.3. The van der Waals surface area contributed by atoms with Crippen LogP contribution in [0, 0.1) is 0 Å². The number of hydrogen-bond acceptors (Lipinski definition) is 2. The van der Waals surface area contributed by atoms with Crippen molar-refractivity contribution in [3.63, 3.8) is 0 Å². The van der Waals surface area contributed by atoms with Crippen molar-refractivity contribution in [1.82, 2.24) is 9.30 Å². The van der Waals surface area contributed by atoms with E-state index in [0.717, 1.165) is 0 Å². The molecule has 0 rings (SSSR count). The van der Waals surface area contributed by atoms with Gasteiger partial charge >= 0.3 is 0 Å². The summed E-state index contributed by atoms with van der Waals surface area (Å²) in [6, 6.07) is 0. The molecule has 0 amide bonds. The normalized spacial score (nSPS) is 11.1. The van der Waals surface area contributed by atoms with Crippen molar-refractivity contribution >= 4 is 35.8 Å². The minimum absolute atomic E-state index is 0.417. The first-order chi connectivity index (χ1) is 6.25. The Bertz CT molecular complexity index is 91.9. The van der Waals surface area contributed by atoms with Crippen molar-refractivity contribution < 1.29 is 0 Å². The number of nitrogens with one attached hydrogen (secondary N) is 2. The van der Waals surface area contributed by atoms with Crippen LogP contribution in [-0.4, -0.2) is 35.8 Å². The third kappa shape index (κ3) is 23.0. The molecule has 0 saturated heterocycles. The highest BCUT2D eigenvalue weighted by atomic mass is 28.4. The minimum Gasteiger partial charge on any atom is -0.365 e. The van der Waals surface area contributed by atoms with Gasteiger partial charge in [-0.25, -0.2) is 0 Å². The van der Waals surface area contributed by atoms with E-state index in [-0.39, 0.29) is 0 Å². The van der Waals surface area contributed by atoms with Gasteiger partial charge in [0.1, 0.15) is 0 Å². The number of rotatable bonds is 4. The van der Waals surface area contributed by atoms with Crippen LogP contribution in [0.1, 0.15) is 0 Å². The molecule has 88 valence electrons. The fourth-order valence-electron chi connectivity index (χ4n) is 1.33. The van der Waals surface area contributed by atoms with Gasteiger partial charge in [-0.15, -0.1) is 0 Å². The van der Waals surface area contributed by atoms with E-state index >= 15 is 0 Å². The highest BCUT2D eigenvalue weighted by molar-refractivity contribution is 6.70. The van der Waals surface area contributed by atoms with Gasteiger partial charge in [0.05, 0.1) is 35.8 Å². The molecule has 0 aliphatic heterocycles. The lowest BCUT2D eigenvalue weighted by Gasteiger charge is -2.07. The molecule has 0 saturated carbocycles. The van der Waals surface area contributed by atoms with Crippen molar-refractivity contribution in [2.45, 2.75) is 52.4 Å². The van der Waals surface area contributed by atoms with Gasteiger partial charge in [0.2, 0.25) is 0 Å². The van der Waals surface area contributed by atoms with Crippen molar-refractivity contribution in [3.8, 4) is 0 Å². The Labute approximate surface area is 97.6 Å². The first kappa shape index (κ1) is 17.2. The molecule has 0 aromatic carbocycles. The fraction of sp³-hybridized carbons (Fsp3) is 1.00. The highest BCUT2D eigenvalue weighted by Gasteiger charge is 1.96. The van der Waals surface area contributed by atoms with E-state index in [2.05, 4.69) is 61.7 Å². The zero-order chi connectivity index (χ0) is 11.7. The van der Waals surface area contributed by atoms with E-state index in [0.29, 0.717) is 0 Å². The molecule has 0 aromatic heterocycles. The molecule has 0 spiro atoms. The van der Waals surface area contributed by atoms with E-state index in [1.165, 1.54) is 0 Å². The standard InChI is InChI=1S/2C4H15NSi2/c2*1-6(2)5-7(3)4/h2*5-7H,1-4H3. The molecule has 0 bridgehead atoms. The molecule has 2 N–H and O–H groups in total. The van der Waals surface area contributed by atoms with Crippen molar-refractivity contribution in [2.75, 3.05) is 0 Å². The van der Waals surface area contributed by atoms with Crippen LogP contribution in [0.5, 0.6) is 0 Å². The average Bonchev–Trinajstić information content (AvgIpc) is 1.79. The summed E-state index contributed by atoms with van der Waals surface area (Å²) in [4.78, 5) is 0. The van der Waals surface area contributed by atoms with Crippen LogP contribution < -0.4 is 9.30 Å². The van der Waals surface area contributed by atoms with Crippen LogP contribution >= 0.6 is 0 Å². The largest absolute Gasteiger partial charge is 0.365 e. The Balaban J connectivity index is 0. The summed E-state index contributed by atoms with van der Waals surface area (Å²) >= 11 is 0. The van der Waals surface area contributed by atoms with Crippen molar-refractivity contribution in [1.29, 1.82) is 0 Å². The second-order valence-corrected chi connectivity index (χ2v) is 16.9. The molecule has 0 atom stereocenters. The maximum atomic E-state index is 3.58. The summed E-state index contributed by atoms with van der Waals surface area (Å²) in [5.41, 5.74) is 0. The smallest absolute Gasteiger partial charge is 0.0953 e. The van der Waals surface area contributed by atoms with Crippen molar-refractivity contribution in [3.05, 3.63) is 0 Å². The molecule has 0 aliphatic rings. The Morgan fingerprint density at radius 1 is 0.429 bits per heavy atom. The van der Waals surface area contributed by atoms with Crippen LogP contribution in [0.25, 0.3) is 0 Å². The summed E-state index contributed by atoms with van der Waals surface area (Å²) in [5, 5.41) is 0. The fourth-order valence-corrected chi connectivity index (χ4v) is 12.0. The molecule has 0 unspecified atom stereocenters. The predicted molar refractivity (Wildman–Crippen MR) is 81.8 cm³/mol. The molecule has 6 heteroatoms. The maximum absolute atomic E-state index is 3.58. The lowest BCUT2D eigenvalue weighted by Crippen LogP contribution is -2.36. The van der Waals surface area contributed by atoms with Gasteiger partial charge in [-0.2, -0.15) is 0 Å². The Kier molecular flexibility index (Phi) is 12.7. The lowest BCUT2D eigenvalue weighted by molar-refractivity contribution is 1.44. The molecule has 0 aromatic rings. The highest BCUT2D eigenvalue weighted by Crippen LogP contribution is 1.75. The second-order valence-electron chi connectivity index (χ2n) is 4.95. The van der Waals surface area contributed by atoms with Crippen LogP contribution in [-0.2, 0) is 0 Å². The first-order valence-corrected chi connectivity index (χ1v) is 17.3. The molecule has 2 nitrogen and oxygen atoms in total. The molecular formula is C8H30N2Si4. The van der Waals surface area contributed by atoms with Gasteiger partial charge in [0.15, 0.2) is 0 Å². The van der Waals surface area contributed by atoms with E-state index in [1.807, 2.05) is 0 Å². The molecule has 14 heavy (non-hydrogen) atoms. The van der Waals surface area contributed by atoms with E-state index < -0.39 is 35.8 Å². The van der Waals surface area contributed by atoms with Gasteiger partial charge < -0.3 is 9.30 Å². The van der Waals surface area contributed by atoms with Gasteiger partial charge in [-0.05, 0) is 0 Å². The van der Waals surface area contributed by atoms with Crippen molar-refractivity contribution in [2.24, 2.45) is 0 Å². The quantitative estimate of drug-likeness (QED) is 0.745. The Morgan fingerprint density at radius 2 is 0.571 bits per heavy atom. The zero-order valence-electron chi connectivity index (χ0n) is 11.3. The third-order valence-electron chi connectivity index (χ3n) is 1.33. The third-order valence-corrected chi connectivity index (χ3v) is 12.0. The topological polar surface area (TPSA) is 24.1 Å². The first-order valence-electron chi connectivity index (χ1n) is 5.77. The van der Waals surface area contributed by atoms with Gasteiger partial charge in [-0.3, -0.25) is 0 Å². The van der Waals surface area contributed by atoms with Crippen LogP contribution in [0.4, 0.5) is 0 Å². The van der Waals surface area contributed by atoms with Crippen LogP contribution in [0.3, 0.4) is 0 Å². The maximum Gasteiger partial charge on any atom is 0.0953 e. The summed E-state index contributed by atoms with van der Waals surface area (Å²) < 4.78 is 7.17. The Hall–Kier alpha value is 0.788. The summed E-state index contributed by atoms with van der Waals surface area (Å²) in [7, 11) is -1.67. The molecule has 0 heterocycles. The minimum atomic E-state index is -0.417. The molecule has 0 aliphatic carbocycles. The average molecular weight is 267 g/mol. The van der Waals surface area contributed by atoms with Crippen LogP contribution in [0.2, 0.25) is 52.4 Å². The zero-order valence-corrected chi connectivity index (χ0v) is 15.9. The molecular weight excluding hydrogens is 236 g/mol. The summed E-state index contributed by atoms with van der Waals surface area (Å²) in [6.45, 7) is 18.6. The number of hydrogen-bond donors (Lipinski definition) is 2. The van der Waals surface area contributed by atoms with E-state index in [1.54, 1.807) is 0 Å². The molecule has 0 radical (unpaired) electrons. The van der Waals surface area contributed by atoms with Crippen LogP contribution in [0.15, 0.2) is 0 Å².